The lowest BCUT2D eigenvalue weighted by atomic mass is 10.1. The van der Waals surface area contributed by atoms with E-state index in [0.717, 1.165) is 10.6 Å². The molecule has 2 N–H and O–H groups in total. The number of aryl methyl sites for hydroxylation is 1. The van der Waals surface area contributed by atoms with E-state index in [4.69, 9.17) is 0 Å². The van der Waals surface area contributed by atoms with E-state index in [1.54, 1.807) is 6.07 Å². The Hall–Kier alpha value is -2.73. The van der Waals surface area contributed by atoms with Crippen LogP contribution in [0.25, 0.3) is 10.6 Å². The molecule has 0 bridgehead atoms. The molecule has 3 aromatic rings. The summed E-state index contributed by atoms with van der Waals surface area (Å²) in [5.41, 5.74) is 2.91. The van der Waals surface area contributed by atoms with Crippen LogP contribution >= 0.6 is 11.3 Å². The lowest BCUT2D eigenvalue weighted by Gasteiger charge is -2.04. The van der Waals surface area contributed by atoms with Gasteiger partial charge in [-0.2, -0.15) is 0 Å². The fraction of sp³-hybridized carbons (Fsp3) is 0.118. The Morgan fingerprint density at radius 3 is 2.96 bits per heavy atom. The summed E-state index contributed by atoms with van der Waals surface area (Å²) in [4.78, 5) is 20.5. The highest BCUT2D eigenvalue weighted by atomic mass is 32.1. The summed E-state index contributed by atoms with van der Waals surface area (Å²) in [5, 5.41) is 15.0. The first-order valence-electron chi connectivity index (χ1n) is 7.07. The highest BCUT2D eigenvalue weighted by molar-refractivity contribution is 7.13. The van der Waals surface area contributed by atoms with Gasteiger partial charge in [-0.05, 0) is 25.1 Å². The van der Waals surface area contributed by atoms with Crippen LogP contribution in [0.5, 0.6) is 5.75 Å². The van der Waals surface area contributed by atoms with Crippen molar-refractivity contribution in [1.29, 1.82) is 0 Å². The zero-order valence-electron chi connectivity index (χ0n) is 12.5. The van der Waals surface area contributed by atoms with E-state index in [2.05, 4.69) is 21.4 Å². The summed E-state index contributed by atoms with van der Waals surface area (Å²) in [6.07, 6.45) is 1.65. The van der Waals surface area contributed by atoms with E-state index in [1.165, 1.54) is 29.2 Å². The third kappa shape index (κ3) is 3.73. The molecular weight excluding hydrogens is 310 g/mol. The Balaban J connectivity index is 1.69. The number of rotatable bonds is 4. The maximum atomic E-state index is 12.0. The molecule has 3 rings (SSSR count). The summed E-state index contributed by atoms with van der Waals surface area (Å²) in [7, 11) is 0. The second-order valence-corrected chi connectivity index (χ2v) is 5.97. The molecule has 0 fully saturated rings. The third-order valence-corrected chi connectivity index (χ3v) is 4.14. The van der Waals surface area contributed by atoms with Gasteiger partial charge in [-0.3, -0.25) is 4.79 Å². The molecule has 0 aliphatic carbocycles. The van der Waals surface area contributed by atoms with Crippen molar-refractivity contribution in [3.05, 3.63) is 59.2 Å². The number of thiazole rings is 1. The number of anilines is 1. The van der Waals surface area contributed by atoms with Gasteiger partial charge in [0.2, 0.25) is 5.91 Å². The molecule has 0 saturated carbocycles. The smallest absolute Gasteiger partial charge is 0.231 e. The number of aromatic nitrogens is 2. The van der Waals surface area contributed by atoms with E-state index in [1.807, 2.05) is 30.5 Å². The van der Waals surface area contributed by atoms with Crippen LogP contribution in [0.1, 0.15) is 11.3 Å². The minimum atomic E-state index is -0.264. The van der Waals surface area contributed by atoms with Gasteiger partial charge in [0.1, 0.15) is 5.01 Å². The van der Waals surface area contributed by atoms with E-state index < -0.39 is 0 Å². The van der Waals surface area contributed by atoms with Crippen molar-refractivity contribution in [3.8, 4) is 16.3 Å². The predicted octanol–water partition coefficient (Wildman–Crippen LogP) is 3.40. The van der Waals surface area contributed by atoms with E-state index in [0.29, 0.717) is 5.69 Å². The second-order valence-electron chi connectivity index (χ2n) is 5.11. The van der Waals surface area contributed by atoms with Crippen LogP contribution in [0, 0.1) is 6.92 Å². The summed E-state index contributed by atoms with van der Waals surface area (Å²) in [5.74, 6) is -0.161. The highest BCUT2D eigenvalue weighted by Gasteiger charge is 2.11. The quantitative estimate of drug-likeness (QED) is 0.771. The van der Waals surface area contributed by atoms with Crippen molar-refractivity contribution in [1.82, 2.24) is 9.97 Å². The summed E-state index contributed by atoms with van der Waals surface area (Å²) >= 11 is 1.51. The van der Waals surface area contributed by atoms with Crippen molar-refractivity contribution < 1.29 is 9.90 Å². The van der Waals surface area contributed by atoms with Gasteiger partial charge in [-0.15, -0.1) is 11.3 Å². The van der Waals surface area contributed by atoms with E-state index in [-0.39, 0.29) is 23.9 Å². The molecule has 0 atom stereocenters. The van der Waals surface area contributed by atoms with Crippen molar-refractivity contribution >= 4 is 23.1 Å². The molecule has 0 spiro atoms. The number of nitrogens with zero attached hydrogens (tertiary/aromatic N) is 2. The molecule has 5 nitrogen and oxygen atoms in total. The number of hydrogen-bond donors (Lipinski definition) is 2. The molecule has 0 unspecified atom stereocenters. The molecule has 0 radical (unpaired) electrons. The van der Waals surface area contributed by atoms with Crippen LogP contribution in [0.15, 0.2) is 48.0 Å². The lowest BCUT2D eigenvalue weighted by Crippen LogP contribution is -2.15. The van der Waals surface area contributed by atoms with Gasteiger partial charge in [0, 0.05) is 17.1 Å². The Kier molecular flexibility index (Phi) is 4.34. The van der Waals surface area contributed by atoms with E-state index >= 15 is 0 Å². The van der Waals surface area contributed by atoms with Crippen LogP contribution in [0.2, 0.25) is 0 Å². The largest absolute Gasteiger partial charge is 0.504 e. The van der Waals surface area contributed by atoms with Crippen molar-refractivity contribution in [2.75, 3.05) is 5.32 Å². The normalized spacial score (nSPS) is 10.5. The molecule has 2 aromatic heterocycles. The highest BCUT2D eigenvalue weighted by Crippen LogP contribution is 2.25. The zero-order valence-corrected chi connectivity index (χ0v) is 13.3. The third-order valence-electron chi connectivity index (χ3n) is 3.20. The molecule has 1 amide bonds. The number of benzene rings is 1. The number of carbonyl (C=O) groups is 1. The summed E-state index contributed by atoms with van der Waals surface area (Å²) in [6.45, 7) is 2.03. The van der Waals surface area contributed by atoms with Crippen molar-refractivity contribution in [2.45, 2.75) is 13.3 Å². The topological polar surface area (TPSA) is 75.1 Å². The zero-order chi connectivity index (χ0) is 16.2. The molecule has 0 saturated heterocycles. The minimum absolute atomic E-state index is 0.0559. The first kappa shape index (κ1) is 15.2. The monoisotopic (exact) mass is 325 g/mol. The Morgan fingerprint density at radius 1 is 1.30 bits per heavy atom. The number of nitrogens with one attached hydrogen (secondary N) is 1. The van der Waals surface area contributed by atoms with Crippen LogP contribution in [0.4, 0.5) is 5.82 Å². The van der Waals surface area contributed by atoms with Crippen LogP contribution in [0.3, 0.4) is 0 Å². The fourth-order valence-corrected chi connectivity index (χ4v) is 2.95. The van der Waals surface area contributed by atoms with Gasteiger partial charge in [0.05, 0.1) is 12.1 Å². The van der Waals surface area contributed by atoms with Gasteiger partial charge >= 0.3 is 0 Å². The number of hydrogen-bond acceptors (Lipinski definition) is 5. The van der Waals surface area contributed by atoms with Gasteiger partial charge in [0.25, 0.3) is 0 Å². The first-order valence-corrected chi connectivity index (χ1v) is 7.95. The second kappa shape index (κ2) is 6.58. The van der Waals surface area contributed by atoms with Crippen LogP contribution < -0.4 is 5.32 Å². The molecular formula is C17H15N3O2S. The average Bonchev–Trinajstić information content (AvgIpc) is 2.98. The standard InChI is InChI=1S/C17H15N3O2S/c1-11-4-2-5-12(8-11)17-19-13(10-23-17)9-15(22)20-16-14(21)6-3-7-18-16/h2-8,10,21H,9H2,1H3,(H,18,20,22). The van der Waals surface area contributed by atoms with Crippen LogP contribution in [-0.2, 0) is 11.2 Å². The Bertz CT molecular complexity index is 845. The Morgan fingerprint density at radius 2 is 2.17 bits per heavy atom. The SMILES string of the molecule is Cc1cccc(-c2nc(CC(=O)Nc3ncccc3O)cs2)c1. The van der Waals surface area contributed by atoms with Crippen molar-refractivity contribution in [3.63, 3.8) is 0 Å². The van der Waals surface area contributed by atoms with Gasteiger partial charge in [-0.1, -0.05) is 23.8 Å². The summed E-state index contributed by atoms with van der Waals surface area (Å²) < 4.78 is 0. The molecule has 23 heavy (non-hydrogen) atoms. The summed E-state index contributed by atoms with van der Waals surface area (Å²) in [6, 6.07) is 11.2. The Labute approximate surface area is 137 Å². The average molecular weight is 325 g/mol. The number of pyridine rings is 1. The maximum Gasteiger partial charge on any atom is 0.231 e. The van der Waals surface area contributed by atoms with Gasteiger partial charge in [0.15, 0.2) is 11.6 Å². The van der Waals surface area contributed by atoms with Gasteiger partial charge in [-0.25, -0.2) is 9.97 Å². The number of carbonyl (C=O) groups excluding carboxylic acids is 1. The molecule has 6 heteroatoms. The number of amides is 1. The van der Waals surface area contributed by atoms with E-state index in [9.17, 15) is 9.90 Å². The molecule has 0 aliphatic heterocycles. The van der Waals surface area contributed by atoms with Crippen LogP contribution in [-0.4, -0.2) is 21.0 Å². The lowest BCUT2D eigenvalue weighted by molar-refractivity contribution is -0.115. The molecule has 1 aromatic carbocycles. The fourth-order valence-electron chi connectivity index (χ4n) is 2.13. The maximum absolute atomic E-state index is 12.0. The number of aromatic hydroxyl groups is 1. The minimum Gasteiger partial charge on any atom is -0.504 e. The molecule has 2 heterocycles. The van der Waals surface area contributed by atoms with Crippen molar-refractivity contribution in [2.24, 2.45) is 0 Å². The molecule has 116 valence electrons. The first-order chi connectivity index (χ1) is 11.1. The predicted molar refractivity (Wildman–Crippen MR) is 90.5 cm³/mol. The van der Waals surface area contributed by atoms with Gasteiger partial charge < -0.3 is 10.4 Å². The molecule has 0 aliphatic rings.